The van der Waals surface area contributed by atoms with Crippen molar-refractivity contribution in [2.24, 2.45) is 0 Å². The highest BCUT2D eigenvalue weighted by Crippen LogP contribution is 2.25. The largest absolute Gasteiger partial charge is 0.343 e. The summed E-state index contributed by atoms with van der Waals surface area (Å²) in [6.45, 7) is 1.65. The van der Waals surface area contributed by atoms with Crippen molar-refractivity contribution in [3.63, 3.8) is 0 Å². The van der Waals surface area contributed by atoms with Crippen LogP contribution in [-0.4, -0.2) is 24.4 Å². The highest BCUT2D eigenvalue weighted by atomic mass is 79.9. The molecule has 1 aliphatic rings. The van der Waals surface area contributed by atoms with Crippen LogP contribution in [0.1, 0.15) is 13.3 Å². The molecule has 1 aromatic rings. The monoisotopic (exact) mass is 314 g/mol. The van der Waals surface area contributed by atoms with Crippen LogP contribution in [0.25, 0.3) is 0 Å². The van der Waals surface area contributed by atoms with Crippen LogP contribution in [-0.2, 0) is 9.59 Å². The van der Waals surface area contributed by atoms with Gasteiger partial charge in [-0.15, -0.1) is 0 Å². The number of nitrogens with one attached hydrogen (secondary N) is 1. The number of rotatable bonds is 2. The van der Waals surface area contributed by atoms with Crippen molar-refractivity contribution in [3.05, 3.63) is 28.5 Å². The Morgan fingerprint density at radius 3 is 2.83 bits per heavy atom. The second kappa shape index (κ2) is 5.06. The van der Waals surface area contributed by atoms with E-state index in [0.29, 0.717) is 10.9 Å². The number of amides is 2. The standard InChI is InChI=1S/C12H12BrFN2O2/c1-2-9-12(18)16(6-11(17)15-9)10-4-3-7(13)5-8(10)14/h3-5,9H,2,6H2,1H3,(H,15,17). The molecule has 2 rings (SSSR count). The van der Waals surface area contributed by atoms with Gasteiger partial charge in [-0.25, -0.2) is 4.39 Å². The van der Waals surface area contributed by atoms with Crippen LogP contribution in [0.5, 0.6) is 0 Å². The van der Waals surface area contributed by atoms with E-state index in [-0.39, 0.29) is 24.0 Å². The number of nitrogens with zero attached hydrogens (tertiary/aromatic N) is 1. The fourth-order valence-electron chi connectivity index (χ4n) is 1.89. The average molecular weight is 315 g/mol. The molecule has 0 spiro atoms. The zero-order valence-electron chi connectivity index (χ0n) is 9.74. The number of carbonyl (C=O) groups is 2. The van der Waals surface area contributed by atoms with Crippen LogP contribution in [0.4, 0.5) is 10.1 Å². The first-order valence-corrected chi connectivity index (χ1v) is 6.38. The lowest BCUT2D eigenvalue weighted by Gasteiger charge is -2.32. The van der Waals surface area contributed by atoms with E-state index in [1.165, 1.54) is 17.0 Å². The Kier molecular flexibility index (Phi) is 3.65. The van der Waals surface area contributed by atoms with E-state index >= 15 is 0 Å². The number of piperazine rings is 1. The van der Waals surface area contributed by atoms with Crippen molar-refractivity contribution in [1.82, 2.24) is 5.32 Å². The molecule has 0 radical (unpaired) electrons. The Morgan fingerprint density at radius 1 is 1.50 bits per heavy atom. The summed E-state index contributed by atoms with van der Waals surface area (Å²) in [5.41, 5.74) is 0.136. The molecular formula is C12H12BrFN2O2. The van der Waals surface area contributed by atoms with E-state index in [1.54, 1.807) is 13.0 Å². The summed E-state index contributed by atoms with van der Waals surface area (Å²) >= 11 is 3.15. The van der Waals surface area contributed by atoms with Gasteiger partial charge in [-0.05, 0) is 24.6 Å². The van der Waals surface area contributed by atoms with Gasteiger partial charge in [0.2, 0.25) is 11.8 Å². The third kappa shape index (κ3) is 2.38. The van der Waals surface area contributed by atoms with E-state index in [2.05, 4.69) is 21.2 Å². The van der Waals surface area contributed by atoms with Gasteiger partial charge >= 0.3 is 0 Å². The summed E-state index contributed by atoms with van der Waals surface area (Å²) in [6, 6.07) is 3.83. The summed E-state index contributed by atoms with van der Waals surface area (Å²) < 4.78 is 14.4. The van der Waals surface area contributed by atoms with Gasteiger partial charge in [0.05, 0.1) is 5.69 Å². The molecule has 18 heavy (non-hydrogen) atoms. The maximum absolute atomic E-state index is 13.8. The number of halogens is 2. The maximum atomic E-state index is 13.8. The van der Waals surface area contributed by atoms with Gasteiger partial charge in [0.15, 0.2) is 0 Å². The fourth-order valence-corrected chi connectivity index (χ4v) is 2.23. The quantitative estimate of drug-likeness (QED) is 0.905. The molecule has 1 atom stereocenters. The molecule has 4 nitrogen and oxygen atoms in total. The van der Waals surface area contributed by atoms with Crippen LogP contribution in [0.15, 0.2) is 22.7 Å². The van der Waals surface area contributed by atoms with Crippen LogP contribution < -0.4 is 10.2 Å². The number of carbonyl (C=O) groups excluding carboxylic acids is 2. The molecule has 1 unspecified atom stereocenters. The normalized spacial score (nSPS) is 19.9. The predicted octanol–water partition coefficient (Wildman–Crippen LogP) is 1.83. The van der Waals surface area contributed by atoms with E-state index in [9.17, 15) is 14.0 Å². The van der Waals surface area contributed by atoms with E-state index < -0.39 is 11.9 Å². The zero-order chi connectivity index (χ0) is 13.3. The maximum Gasteiger partial charge on any atom is 0.250 e. The molecular weight excluding hydrogens is 303 g/mol. The lowest BCUT2D eigenvalue weighted by atomic mass is 10.1. The lowest BCUT2D eigenvalue weighted by molar-refractivity contribution is -0.131. The molecule has 6 heteroatoms. The Bertz CT molecular complexity index is 507. The molecule has 0 aromatic heterocycles. The topological polar surface area (TPSA) is 49.4 Å². The molecule has 1 saturated heterocycles. The van der Waals surface area contributed by atoms with Crippen molar-refractivity contribution < 1.29 is 14.0 Å². The third-order valence-electron chi connectivity index (χ3n) is 2.81. The van der Waals surface area contributed by atoms with Crippen LogP contribution >= 0.6 is 15.9 Å². The van der Waals surface area contributed by atoms with Crippen LogP contribution in [0, 0.1) is 5.82 Å². The highest BCUT2D eigenvalue weighted by Gasteiger charge is 2.33. The first-order valence-electron chi connectivity index (χ1n) is 5.58. The minimum Gasteiger partial charge on any atom is -0.343 e. The van der Waals surface area contributed by atoms with Gasteiger partial charge in [0, 0.05) is 4.47 Å². The minimum absolute atomic E-state index is 0.136. The Morgan fingerprint density at radius 2 is 2.22 bits per heavy atom. The van der Waals surface area contributed by atoms with Gasteiger partial charge in [-0.1, -0.05) is 22.9 Å². The number of hydrogen-bond acceptors (Lipinski definition) is 2. The van der Waals surface area contributed by atoms with Crippen molar-refractivity contribution in [2.45, 2.75) is 19.4 Å². The molecule has 2 amide bonds. The fraction of sp³-hybridized carbons (Fsp3) is 0.333. The molecule has 1 fully saturated rings. The Hall–Kier alpha value is -1.43. The number of hydrogen-bond donors (Lipinski definition) is 1. The summed E-state index contributed by atoms with van der Waals surface area (Å²) in [7, 11) is 0. The Labute approximate surface area is 112 Å². The van der Waals surface area contributed by atoms with Crippen LogP contribution in [0.2, 0.25) is 0 Å². The molecule has 1 N–H and O–H groups in total. The second-order valence-electron chi connectivity index (χ2n) is 4.05. The Balaban J connectivity index is 2.36. The first kappa shape index (κ1) is 13.0. The molecule has 0 saturated carbocycles. The SMILES string of the molecule is CCC1NC(=O)CN(c2ccc(Br)cc2F)C1=O. The van der Waals surface area contributed by atoms with Crippen LogP contribution in [0.3, 0.4) is 0 Å². The van der Waals surface area contributed by atoms with Gasteiger partial charge in [-0.2, -0.15) is 0 Å². The molecule has 1 aromatic carbocycles. The van der Waals surface area contributed by atoms with E-state index in [4.69, 9.17) is 0 Å². The van der Waals surface area contributed by atoms with Crippen molar-refractivity contribution in [3.8, 4) is 0 Å². The van der Waals surface area contributed by atoms with E-state index in [0.717, 1.165) is 0 Å². The molecule has 1 heterocycles. The zero-order valence-corrected chi connectivity index (χ0v) is 11.3. The van der Waals surface area contributed by atoms with Gasteiger partial charge in [-0.3, -0.25) is 14.5 Å². The van der Waals surface area contributed by atoms with Crippen molar-refractivity contribution >= 4 is 33.4 Å². The second-order valence-corrected chi connectivity index (χ2v) is 4.96. The summed E-state index contributed by atoms with van der Waals surface area (Å²) in [6.07, 6.45) is 0.485. The molecule has 0 bridgehead atoms. The number of benzene rings is 1. The lowest BCUT2D eigenvalue weighted by Crippen LogP contribution is -2.58. The summed E-state index contributed by atoms with van der Waals surface area (Å²) in [4.78, 5) is 24.8. The average Bonchev–Trinajstić information content (AvgIpc) is 2.32. The number of anilines is 1. The van der Waals surface area contributed by atoms with Gasteiger partial charge in [0.1, 0.15) is 18.4 Å². The van der Waals surface area contributed by atoms with Crippen molar-refractivity contribution in [1.29, 1.82) is 0 Å². The first-order chi connectivity index (χ1) is 8.52. The van der Waals surface area contributed by atoms with Crippen molar-refractivity contribution in [2.75, 3.05) is 11.4 Å². The highest BCUT2D eigenvalue weighted by molar-refractivity contribution is 9.10. The smallest absolute Gasteiger partial charge is 0.250 e. The van der Waals surface area contributed by atoms with E-state index in [1.807, 2.05) is 0 Å². The summed E-state index contributed by atoms with van der Waals surface area (Å²) in [5, 5.41) is 2.58. The predicted molar refractivity (Wildman–Crippen MR) is 68.7 cm³/mol. The summed E-state index contributed by atoms with van der Waals surface area (Å²) in [5.74, 6) is -1.08. The third-order valence-corrected chi connectivity index (χ3v) is 3.30. The minimum atomic E-state index is -0.575. The molecule has 1 aliphatic heterocycles. The van der Waals surface area contributed by atoms with Gasteiger partial charge < -0.3 is 5.32 Å². The molecule has 0 aliphatic carbocycles. The molecule has 96 valence electrons. The van der Waals surface area contributed by atoms with Gasteiger partial charge in [0.25, 0.3) is 0 Å².